The average molecular weight is 306 g/mol. The molecule has 1 aromatic carbocycles. The van der Waals surface area contributed by atoms with Crippen molar-refractivity contribution in [2.45, 2.75) is 31.6 Å². The second-order valence-corrected chi connectivity index (χ2v) is 6.66. The van der Waals surface area contributed by atoms with Crippen LogP contribution in [-0.2, 0) is 0 Å². The Bertz CT molecular complexity index is 676. The van der Waals surface area contributed by atoms with Gasteiger partial charge in [0.1, 0.15) is 5.82 Å². The minimum absolute atomic E-state index is 0.584. The molecule has 4 rings (SSSR count). The van der Waals surface area contributed by atoms with Crippen LogP contribution in [0.1, 0.15) is 37.4 Å². The van der Waals surface area contributed by atoms with Crippen LogP contribution in [0.3, 0.4) is 0 Å². The molecule has 0 aliphatic heterocycles. The zero-order valence-electron chi connectivity index (χ0n) is 11.1. The third-order valence-corrected chi connectivity index (χ3v) is 5.26. The smallest absolute Gasteiger partial charge is 0.199 e. The third-order valence-electron chi connectivity index (χ3n) is 4.74. The summed E-state index contributed by atoms with van der Waals surface area (Å²) in [5.74, 6) is 3.33. The van der Waals surface area contributed by atoms with E-state index in [1.807, 2.05) is 24.3 Å². The molecular formula is C15H16ClN3S. The summed E-state index contributed by atoms with van der Waals surface area (Å²) in [7, 11) is 0. The van der Waals surface area contributed by atoms with E-state index in [1.54, 1.807) is 0 Å². The van der Waals surface area contributed by atoms with Gasteiger partial charge in [0.05, 0.1) is 0 Å². The number of benzene rings is 1. The van der Waals surface area contributed by atoms with Gasteiger partial charge in [-0.05, 0) is 61.2 Å². The first kappa shape index (κ1) is 12.6. The molecule has 0 spiro atoms. The second kappa shape index (κ2) is 4.71. The van der Waals surface area contributed by atoms with Crippen LogP contribution in [0.15, 0.2) is 24.3 Å². The molecule has 2 unspecified atom stereocenters. The number of aromatic nitrogens is 3. The van der Waals surface area contributed by atoms with Crippen molar-refractivity contribution in [1.82, 2.24) is 14.8 Å². The Labute approximate surface area is 128 Å². The zero-order chi connectivity index (χ0) is 13.7. The van der Waals surface area contributed by atoms with Gasteiger partial charge in [-0.3, -0.25) is 9.67 Å². The van der Waals surface area contributed by atoms with E-state index in [4.69, 9.17) is 23.8 Å². The van der Waals surface area contributed by atoms with E-state index in [1.165, 1.54) is 25.7 Å². The summed E-state index contributed by atoms with van der Waals surface area (Å²) in [5.41, 5.74) is 1.05. The fraction of sp³-hybridized carbons (Fsp3) is 0.467. The van der Waals surface area contributed by atoms with Gasteiger partial charge in [0.15, 0.2) is 4.77 Å². The highest BCUT2D eigenvalue weighted by atomic mass is 35.5. The number of hydrogen-bond donors (Lipinski definition) is 1. The summed E-state index contributed by atoms with van der Waals surface area (Å²) in [4.78, 5) is 0. The van der Waals surface area contributed by atoms with E-state index in [0.717, 1.165) is 28.4 Å². The minimum atomic E-state index is 0.584. The van der Waals surface area contributed by atoms with Gasteiger partial charge in [-0.25, -0.2) is 0 Å². The van der Waals surface area contributed by atoms with Gasteiger partial charge in [-0.1, -0.05) is 24.4 Å². The predicted octanol–water partition coefficient (Wildman–Crippen LogP) is 4.49. The van der Waals surface area contributed by atoms with Crippen molar-refractivity contribution in [3.8, 4) is 5.69 Å². The summed E-state index contributed by atoms with van der Waals surface area (Å²) >= 11 is 11.4. The predicted molar refractivity (Wildman–Crippen MR) is 81.9 cm³/mol. The Morgan fingerprint density at radius 2 is 1.80 bits per heavy atom. The first-order valence-electron chi connectivity index (χ1n) is 7.19. The van der Waals surface area contributed by atoms with Crippen molar-refractivity contribution in [3.05, 3.63) is 39.9 Å². The van der Waals surface area contributed by atoms with Crippen LogP contribution in [-0.4, -0.2) is 14.8 Å². The van der Waals surface area contributed by atoms with E-state index in [2.05, 4.69) is 14.8 Å². The van der Waals surface area contributed by atoms with E-state index >= 15 is 0 Å². The summed E-state index contributed by atoms with van der Waals surface area (Å²) in [6.45, 7) is 0. The number of nitrogens with one attached hydrogen (secondary N) is 1. The highest BCUT2D eigenvalue weighted by Gasteiger charge is 2.53. The van der Waals surface area contributed by atoms with Crippen LogP contribution in [0.2, 0.25) is 5.02 Å². The molecule has 5 heteroatoms. The Hall–Kier alpha value is -1.13. The molecule has 1 heterocycles. The van der Waals surface area contributed by atoms with Crippen LogP contribution in [0.5, 0.6) is 0 Å². The number of nitrogens with zero attached hydrogens (tertiary/aromatic N) is 2. The summed E-state index contributed by atoms with van der Waals surface area (Å²) in [6.07, 6.45) is 5.42. The standard InChI is InChI=1S/C15H16ClN3S/c16-9-5-7-10(8-6-9)19-14(17-18-15(19)20)13-11-3-1-2-4-12(11)13/h5-8,11-13H,1-4H2,(H,18,20). The Balaban J connectivity index is 1.75. The van der Waals surface area contributed by atoms with Gasteiger partial charge < -0.3 is 0 Å². The van der Waals surface area contributed by atoms with Crippen molar-refractivity contribution in [3.63, 3.8) is 0 Å². The van der Waals surface area contributed by atoms with Gasteiger partial charge in [0.2, 0.25) is 0 Å². The van der Waals surface area contributed by atoms with E-state index in [0.29, 0.717) is 10.7 Å². The maximum atomic E-state index is 5.97. The molecule has 0 bridgehead atoms. The topological polar surface area (TPSA) is 33.6 Å². The minimum Gasteiger partial charge on any atom is -0.272 e. The van der Waals surface area contributed by atoms with Gasteiger partial charge in [0, 0.05) is 16.6 Å². The zero-order valence-corrected chi connectivity index (χ0v) is 12.6. The lowest BCUT2D eigenvalue weighted by molar-refractivity contribution is 0.480. The van der Waals surface area contributed by atoms with E-state index in [-0.39, 0.29) is 0 Å². The quantitative estimate of drug-likeness (QED) is 0.830. The molecule has 2 aliphatic carbocycles. The lowest BCUT2D eigenvalue weighted by Gasteiger charge is -2.06. The van der Waals surface area contributed by atoms with Gasteiger partial charge in [-0.2, -0.15) is 5.10 Å². The molecule has 0 saturated heterocycles. The normalized spacial score (nSPS) is 28.1. The monoisotopic (exact) mass is 305 g/mol. The van der Waals surface area contributed by atoms with Crippen LogP contribution in [0.4, 0.5) is 0 Å². The van der Waals surface area contributed by atoms with Crippen molar-refractivity contribution in [2.24, 2.45) is 11.8 Å². The number of hydrogen-bond acceptors (Lipinski definition) is 2. The second-order valence-electron chi connectivity index (χ2n) is 5.84. The lowest BCUT2D eigenvalue weighted by Crippen LogP contribution is -2.01. The molecular weight excluding hydrogens is 290 g/mol. The highest BCUT2D eigenvalue weighted by Crippen LogP contribution is 2.60. The number of aromatic amines is 1. The molecule has 2 saturated carbocycles. The first-order valence-corrected chi connectivity index (χ1v) is 7.97. The van der Waals surface area contributed by atoms with Gasteiger partial charge in [-0.15, -0.1) is 0 Å². The maximum Gasteiger partial charge on any atom is 0.199 e. The molecule has 1 aromatic heterocycles. The molecule has 2 aliphatic rings. The first-order chi connectivity index (χ1) is 9.75. The SMILES string of the molecule is S=c1[nH]nc(C2C3CCCCC32)n1-c1ccc(Cl)cc1. The lowest BCUT2D eigenvalue weighted by atomic mass is 10.0. The van der Waals surface area contributed by atoms with Crippen molar-refractivity contribution in [2.75, 3.05) is 0 Å². The molecule has 104 valence electrons. The molecule has 20 heavy (non-hydrogen) atoms. The molecule has 2 atom stereocenters. The molecule has 2 aromatic rings. The van der Waals surface area contributed by atoms with E-state index in [9.17, 15) is 0 Å². The molecule has 1 N–H and O–H groups in total. The Morgan fingerprint density at radius 1 is 1.15 bits per heavy atom. The average Bonchev–Trinajstić information content (AvgIpc) is 3.08. The molecule has 0 amide bonds. The largest absolute Gasteiger partial charge is 0.272 e. The number of H-pyrrole nitrogens is 1. The Kier molecular flexibility index (Phi) is 2.97. The van der Waals surface area contributed by atoms with Crippen LogP contribution >= 0.6 is 23.8 Å². The molecule has 2 fully saturated rings. The maximum absolute atomic E-state index is 5.97. The fourth-order valence-corrected chi connectivity index (χ4v) is 4.12. The van der Waals surface area contributed by atoms with Crippen molar-refractivity contribution in [1.29, 1.82) is 0 Å². The summed E-state index contributed by atoms with van der Waals surface area (Å²) in [5, 5.41) is 8.22. The fourth-order valence-electron chi connectivity index (χ4n) is 3.75. The van der Waals surface area contributed by atoms with Gasteiger partial charge in [0.25, 0.3) is 0 Å². The van der Waals surface area contributed by atoms with E-state index < -0.39 is 0 Å². The summed E-state index contributed by atoms with van der Waals surface area (Å²) < 4.78 is 2.75. The van der Waals surface area contributed by atoms with Crippen LogP contribution in [0.25, 0.3) is 5.69 Å². The number of rotatable bonds is 2. The van der Waals surface area contributed by atoms with Crippen LogP contribution < -0.4 is 0 Å². The van der Waals surface area contributed by atoms with Crippen molar-refractivity contribution >= 4 is 23.8 Å². The summed E-state index contributed by atoms with van der Waals surface area (Å²) in [6, 6.07) is 7.80. The Morgan fingerprint density at radius 3 is 2.45 bits per heavy atom. The molecule has 3 nitrogen and oxygen atoms in total. The number of fused-ring (bicyclic) bond motifs is 1. The third kappa shape index (κ3) is 1.93. The van der Waals surface area contributed by atoms with Crippen molar-refractivity contribution < 1.29 is 0 Å². The highest BCUT2D eigenvalue weighted by molar-refractivity contribution is 7.71. The number of halogens is 1. The molecule has 0 radical (unpaired) electrons. The van der Waals surface area contributed by atoms with Crippen LogP contribution in [0, 0.1) is 16.6 Å². The van der Waals surface area contributed by atoms with Gasteiger partial charge >= 0.3 is 0 Å².